The lowest BCUT2D eigenvalue weighted by Gasteiger charge is -2.11. The van der Waals surface area contributed by atoms with E-state index in [0.717, 1.165) is 34.3 Å². The molecule has 0 aliphatic rings. The molecule has 0 saturated carbocycles. The third kappa shape index (κ3) is 2.95. The Morgan fingerprint density at radius 1 is 1.24 bits per heavy atom. The lowest BCUT2D eigenvalue weighted by atomic mass is 10.0. The van der Waals surface area contributed by atoms with Crippen LogP contribution < -0.4 is 0 Å². The van der Waals surface area contributed by atoms with Crippen LogP contribution in [0.3, 0.4) is 0 Å². The van der Waals surface area contributed by atoms with Gasteiger partial charge in [-0.15, -0.1) is 0 Å². The number of benzene rings is 1. The Morgan fingerprint density at radius 3 is 2.86 bits per heavy atom. The molecule has 0 spiro atoms. The van der Waals surface area contributed by atoms with Gasteiger partial charge in [0.25, 0.3) is 0 Å². The fraction of sp³-hybridized carbons (Fsp3) is 0.294. The molecule has 1 unspecified atom stereocenters. The molecule has 1 atom stereocenters. The summed E-state index contributed by atoms with van der Waals surface area (Å²) in [6, 6.07) is 9.96. The van der Waals surface area contributed by atoms with E-state index in [1.54, 1.807) is 0 Å². The van der Waals surface area contributed by atoms with Crippen molar-refractivity contribution in [2.75, 3.05) is 0 Å². The zero-order chi connectivity index (χ0) is 14.8. The van der Waals surface area contributed by atoms with Crippen LogP contribution in [0.2, 0.25) is 0 Å². The fourth-order valence-corrected chi connectivity index (χ4v) is 2.48. The largest absolute Gasteiger partial charge is 0.388 e. The van der Waals surface area contributed by atoms with Crippen molar-refractivity contribution >= 4 is 10.9 Å². The van der Waals surface area contributed by atoms with Crippen molar-refractivity contribution in [3.63, 3.8) is 0 Å². The Balaban J connectivity index is 1.83. The first-order valence-corrected chi connectivity index (χ1v) is 7.22. The zero-order valence-corrected chi connectivity index (χ0v) is 12.3. The minimum atomic E-state index is -0.523. The maximum absolute atomic E-state index is 10.4. The molecule has 0 fully saturated rings. The molecule has 1 N–H and O–H groups in total. The molecule has 2 aromatic heterocycles. The monoisotopic (exact) mass is 281 g/mol. The van der Waals surface area contributed by atoms with Crippen molar-refractivity contribution in [1.82, 2.24) is 14.8 Å². The van der Waals surface area contributed by atoms with Gasteiger partial charge in [-0.05, 0) is 43.2 Å². The first-order chi connectivity index (χ1) is 10.2. The average Bonchev–Trinajstić information content (AvgIpc) is 2.94. The van der Waals surface area contributed by atoms with Gasteiger partial charge < -0.3 is 5.11 Å². The predicted molar refractivity (Wildman–Crippen MR) is 83.0 cm³/mol. The van der Waals surface area contributed by atoms with Gasteiger partial charge in [0.05, 0.1) is 17.8 Å². The van der Waals surface area contributed by atoms with Gasteiger partial charge in [0.1, 0.15) is 0 Å². The highest BCUT2D eigenvalue weighted by atomic mass is 16.3. The summed E-state index contributed by atoms with van der Waals surface area (Å²) in [5, 5.41) is 15.7. The fourth-order valence-electron chi connectivity index (χ4n) is 2.48. The van der Waals surface area contributed by atoms with Crippen molar-refractivity contribution < 1.29 is 5.11 Å². The third-order valence-electron chi connectivity index (χ3n) is 3.68. The Bertz CT molecular complexity index is 764. The van der Waals surface area contributed by atoms with E-state index in [1.165, 1.54) is 0 Å². The number of fused-ring (bicyclic) bond motifs is 1. The lowest BCUT2D eigenvalue weighted by Crippen LogP contribution is -2.01. The summed E-state index contributed by atoms with van der Waals surface area (Å²) in [5.74, 6) is 0. The van der Waals surface area contributed by atoms with Crippen molar-refractivity contribution in [3.8, 4) is 0 Å². The van der Waals surface area contributed by atoms with Crippen LogP contribution in [0.5, 0.6) is 0 Å². The molecular formula is C17H19N3O. The van der Waals surface area contributed by atoms with Crippen LogP contribution in [0, 0.1) is 6.92 Å². The van der Waals surface area contributed by atoms with E-state index in [-0.39, 0.29) is 0 Å². The number of nitrogens with zero attached hydrogens (tertiary/aromatic N) is 3. The molecule has 4 heteroatoms. The molecule has 3 aromatic rings. The molecule has 3 rings (SSSR count). The molecule has 0 aliphatic carbocycles. The predicted octanol–water partition coefficient (Wildman–Crippen LogP) is 3.04. The first-order valence-electron chi connectivity index (χ1n) is 7.22. The minimum Gasteiger partial charge on any atom is -0.388 e. The topological polar surface area (TPSA) is 50.9 Å². The van der Waals surface area contributed by atoms with E-state index in [4.69, 9.17) is 0 Å². The van der Waals surface area contributed by atoms with Gasteiger partial charge in [-0.2, -0.15) is 5.10 Å². The van der Waals surface area contributed by atoms with Crippen LogP contribution in [0.1, 0.15) is 29.8 Å². The van der Waals surface area contributed by atoms with Crippen molar-refractivity contribution in [2.45, 2.75) is 32.9 Å². The normalized spacial score (nSPS) is 12.7. The van der Waals surface area contributed by atoms with Crippen molar-refractivity contribution in [1.29, 1.82) is 0 Å². The van der Waals surface area contributed by atoms with Crippen molar-refractivity contribution in [2.24, 2.45) is 0 Å². The summed E-state index contributed by atoms with van der Waals surface area (Å²) in [5.41, 5.74) is 3.93. The molecule has 0 saturated heterocycles. The Kier molecular flexibility index (Phi) is 3.71. The van der Waals surface area contributed by atoms with Gasteiger partial charge in [-0.1, -0.05) is 12.1 Å². The number of aliphatic hydroxyl groups excluding tert-OH is 1. The highest BCUT2D eigenvalue weighted by molar-refractivity contribution is 5.79. The Hall–Kier alpha value is -2.20. The molecule has 4 nitrogen and oxygen atoms in total. The van der Waals surface area contributed by atoms with Crippen LogP contribution >= 0.6 is 0 Å². The van der Waals surface area contributed by atoms with Gasteiger partial charge in [-0.25, -0.2) is 0 Å². The smallest absolute Gasteiger partial charge is 0.0831 e. The van der Waals surface area contributed by atoms with Gasteiger partial charge in [0.2, 0.25) is 0 Å². The Morgan fingerprint density at radius 2 is 2.10 bits per heavy atom. The van der Waals surface area contributed by atoms with Crippen LogP contribution in [0.25, 0.3) is 10.9 Å². The molecule has 108 valence electrons. The number of hydrogen-bond donors (Lipinski definition) is 1. The first kappa shape index (κ1) is 13.8. The summed E-state index contributed by atoms with van der Waals surface area (Å²) in [6.07, 6.45) is 3.85. The maximum atomic E-state index is 10.4. The van der Waals surface area contributed by atoms with E-state index < -0.39 is 6.10 Å². The number of hydrogen-bond acceptors (Lipinski definition) is 3. The summed E-state index contributed by atoms with van der Waals surface area (Å²) in [7, 11) is 0. The molecular weight excluding hydrogens is 262 g/mol. The maximum Gasteiger partial charge on any atom is 0.0831 e. The molecule has 0 amide bonds. The third-order valence-corrected chi connectivity index (χ3v) is 3.68. The van der Waals surface area contributed by atoms with E-state index in [0.29, 0.717) is 6.42 Å². The van der Waals surface area contributed by atoms with Crippen LogP contribution in [0.15, 0.2) is 42.7 Å². The molecule has 1 aromatic carbocycles. The summed E-state index contributed by atoms with van der Waals surface area (Å²) in [6.45, 7) is 4.87. The molecule has 21 heavy (non-hydrogen) atoms. The Labute approximate surface area is 124 Å². The summed E-state index contributed by atoms with van der Waals surface area (Å²) in [4.78, 5) is 4.48. The zero-order valence-electron chi connectivity index (χ0n) is 12.3. The van der Waals surface area contributed by atoms with Gasteiger partial charge in [0.15, 0.2) is 0 Å². The van der Waals surface area contributed by atoms with Gasteiger partial charge in [-0.3, -0.25) is 9.67 Å². The molecule has 0 bridgehead atoms. The average molecular weight is 281 g/mol. The number of pyridine rings is 1. The number of rotatable bonds is 4. The standard InChI is InChI=1S/C17H19N3O/c1-3-20-11-13(10-18-20)8-17(21)15-6-7-16-14(9-15)5-4-12(2)19-16/h4-7,9-11,17,21H,3,8H2,1-2H3. The van der Waals surface area contributed by atoms with Gasteiger partial charge >= 0.3 is 0 Å². The molecule has 0 radical (unpaired) electrons. The van der Waals surface area contributed by atoms with Crippen LogP contribution in [0.4, 0.5) is 0 Å². The van der Waals surface area contributed by atoms with Crippen LogP contribution in [-0.4, -0.2) is 19.9 Å². The van der Waals surface area contributed by atoms with Gasteiger partial charge in [0, 0.05) is 30.2 Å². The van der Waals surface area contributed by atoms with E-state index >= 15 is 0 Å². The van der Waals surface area contributed by atoms with E-state index in [9.17, 15) is 5.11 Å². The molecule has 2 heterocycles. The summed E-state index contributed by atoms with van der Waals surface area (Å²) >= 11 is 0. The second-order valence-electron chi connectivity index (χ2n) is 5.33. The summed E-state index contributed by atoms with van der Waals surface area (Å²) < 4.78 is 1.87. The van der Waals surface area contributed by atoms with E-state index in [1.807, 2.05) is 61.3 Å². The van der Waals surface area contributed by atoms with Crippen LogP contribution in [-0.2, 0) is 13.0 Å². The second-order valence-corrected chi connectivity index (χ2v) is 5.33. The molecule has 0 aliphatic heterocycles. The highest BCUT2D eigenvalue weighted by Gasteiger charge is 2.11. The highest BCUT2D eigenvalue weighted by Crippen LogP contribution is 2.22. The SMILES string of the molecule is CCn1cc(CC(O)c2ccc3nc(C)ccc3c2)cn1. The number of aryl methyl sites for hydroxylation is 2. The van der Waals surface area contributed by atoms with Crippen molar-refractivity contribution in [3.05, 3.63) is 59.5 Å². The quantitative estimate of drug-likeness (QED) is 0.799. The van der Waals surface area contributed by atoms with E-state index in [2.05, 4.69) is 10.1 Å². The number of aliphatic hydroxyl groups is 1. The lowest BCUT2D eigenvalue weighted by molar-refractivity contribution is 0.178. The minimum absolute atomic E-state index is 0.523. The number of aromatic nitrogens is 3. The second kappa shape index (κ2) is 5.66.